The number of benzene rings is 2. The average molecular weight is 433 g/mol. The number of nitrogens with zero attached hydrogens (tertiary/aromatic N) is 2. The Morgan fingerprint density at radius 1 is 1.21 bits per heavy atom. The second kappa shape index (κ2) is 7.51. The van der Waals surface area contributed by atoms with Gasteiger partial charge in [-0.15, -0.1) is 0 Å². The highest BCUT2D eigenvalue weighted by Gasteiger charge is 2.27. The zero-order valence-electron chi connectivity index (χ0n) is 15.6. The van der Waals surface area contributed by atoms with Crippen LogP contribution in [0.25, 0.3) is 16.3 Å². The molecule has 0 fully saturated rings. The van der Waals surface area contributed by atoms with Crippen molar-refractivity contribution in [3.63, 3.8) is 0 Å². The van der Waals surface area contributed by atoms with E-state index in [-0.39, 0.29) is 5.75 Å². The number of aryl methyl sites for hydroxylation is 2. The van der Waals surface area contributed by atoms with E-state index in [0.29, 0.717) is 13.0 Å². The van der Waals surface area contributed by atoms with E-state index >= 15 is 0 Å². The third-order valence-electron chi connectivity index (χ3n) is 4.68. The monoisotopic (exact) mass is 432 g/mol. The Labute approximate surface area is 173 Å². The van der Waals surface area contributed by atoms with E-state index in [1.54, 1.807) is 23.1 Å². The van der Waals surface area contributed by atoms with Gasteiger partial charge in [0.2, 0.25) is 5.52 Å². The van der Waals surface area contributed by atoms with Gasteiger partial charge in [0.05, 0.1) is 26.9 Å². The summed E-state index contributed by atoms with van der Waals surface area (Å²) in [6, 6.07) is 14.5. The third-order valence-corrected chi connectivity index (χ3v) is 7.73. The van der Waals surface area contributed by atoms with Crippen molar-refractivity contribution < 1.29 is 17.5 Å². The van der Waals surface area contributed by atoms with Gasteiger partial charge in [0.15, 0.2) is 0 Å². The first kappa shape index (κ1) is 19.4. The Hall–Kier alpha value is -1.87. The molecule has 0 N–H and O–H groups in total. The molecule has 1 aliphatic heterocycles. The van der Waals surface area contributed by atoms with Crippen LogP contribution in [-0.4, -0.2) is 25.3 Å². The van der Waals surface area contributed by atoms with Gasteiger partial charge < -0.3 is 9.45 Å². The van der Waals surface area contributed by atoms with Crippen molar-refractivity contribution >= 4 is 55.2 Å². The molecule has 28 heavy (non-hydrogen) atoms. The fourth-order valence-corrected chi connectivity index (χ4v) is 6.17. The Kier molecular flexibility index (Phi) is 5.22. The topological polar surface area (TPSA) is 64.3 Å². The molecule has 0 atom stereocenters. The lowest BCUT2D eigenvalue weighted by Gasteiger charge is -2.20. The van der Waals surface area contributed by atoms with Crippen LogP contribution in [0.5, 0.6) is 0 Å². The first-order valence-electron chi connectivity index (χ1n) is 8.91. The second-order valence-electron chi connectivity index (χ2n) is 6.79. The fourth-order valence-electron chi connectivity index (χ4n) is 3.30. The summed E-state index contributed by atoms with van der Waals surface area (Å²) in [5, 5.41) is 2.17. The Balaban J connectivity index is 1.71. The van der Waals surface area contributed by atoms with Crippen LogP contribution in [-0.2, 0) is 17.2 Å². The van der Waals surface area contributed by atoms with Gasteiger partial charge in [-0.2, -0.15) is 4.57 Å². The summed E-state index contributed by atoms with van der Waals surface area (Å²) in [6.07, 6.45) is 2.45. The van der Waals surface area contributed by atoms with Crippen LogP contribution < -0.4 is 9.47 Å². The summed E-state index contributed by atoms with van der Waals surface area (Å²) in [5.41, 5.74) is 3.43. The van der Waals surface area contributed by atoms with Gasteiger partial charge in [0.25, 0.3) is 5.01 Å². The van der Waals surface area contributed by atoms with Crippen LogP contribution in [0, 0.1) is 6.92 Å². The van der Waals surface area contributed by atoms with Crippen molar-refractivity contribution in [2.45, 2.75) is 18.2 Å². The van der Waals surface area contributed by atoms with E-state index in [1.165, 1.54) is 15.8 Å². The number of aromatic nitrogens is 1. The molecule has 5 nitrogen and oxygen atoms in total. The standard InChI is InChI=1S/C20H20N2O3S3/c1-14-8-9-16-18(12-14)27-20(22(16)10-5-11-28(23,24)25)13-19-21(2)15-6-3-4-7-17(15)26-19/h3-4,6-9,12-13H,5,10-11H2,1-2H3. The van der Waals surface area contributed by atoms with E-state index in [2.05, 4.69) is 59.8 Å². The van der Waals surface area contributed by atoms with Gasteiger partial charge in [-0.3, -0.25) is 0 Å². The lowest BCUT2D eigenvalue weighted by atomic mass is 10.2. The molecule has 0 unspecified atom stereocenters. The number of fused-ring (bicyclic) bond motifs is 2. The number of anilines is 1. The molecule has 2 aromatic carbocycles. The van der Waals surface area contributed by atoms with Crippen molar-refractivity contribution in [1.29, 1.82) is 0 Å². The molecule has 0 saturated carbocycles. The highest BCUT2D eigenvalue weighted by Crippen LogP contribution is 2.47. The van der Waals surface area contributed by atoms with Crippen LogP contribution >= 0.6 is 23.1 Å². The number of hydrogen-bond acceptors (Lipinski definition) is 6. The van der Waals surface area contributed by atoms with E-state index < -0.39 is 10.1 Å². The highest BCUT2D eigenvalue weighted by atomic mass is 32.2. The molecule has 0 spiro atoms. The normalized spacial score (nSPS) is 15.5. The summed E-state index contributed by atoms with van der Waals surface area (Å²) in [5.74, 6) is -0.348. The summed E-state index contributed by atoms with van der Waals surface area (Å²) >= 11 is 3.41. The second-order valence-corrected chi connectivity index (χ2v) is 10.4. The Bertz CT molecular complexity index is 1180. The van der Waals surface area contributed by atoms with Gasteiger partial charge in [-0.25, -0.2) is 8.42 Å². The minimum atomic E-state index is -4.21. The van der Waals surface area contributed by atoms with E-state index in [4.69, 9.17) is 0 Å². The fraction of sp³-hybridized carbons (Fsp3) is 0.250. The number of thioether (sulfide) groups is 1. The van der Waals surface area contributed by atoms with Gasteiger partial charge in [0.1, 0.15) is 11.7 Å². The van der Waals surface area contributed by atoms with Gasteiger partial charge in [0, 0.05) is 23.3 Å². The summed E-state index contributed by atoms with van der Waals surface area (Å²) < 4.78 is 36.4. The first-order valence-corrected chi connectivity index (χ1v) is 12.1. The predicted molar refractivity (Wildman–Crippen MR) is 115 cm³/mol. The van der Waals surface area contributed by atoms with Crippen LogP contribution in [0.3, 0.4) is 0 Å². The van der Waals surface area contributed by atoms with Crippen molar-refractivity contribution in [3.8, 4) is 0 Å². The molecule has 1 aromatic heterocycles. The van der Waals surface area contributed by atoms with Gasteiger partial charge >= 0.3 is 0 Å². The third kappa shape index (κ3) is 3.96. The molecule has 0 bridgehead atoms. The number of para-hydroxylation sites is 1. The zero-order valence-corrected chi connectivity index (χ0v) is 18.0. The molecule has 1 aliphatic rings. The molecule has 2 heterocycles. The largest absolute Gasteiger partial charge is 0.748 e. The maximum atomic E-state index is 11.0. The maximum absolute atomic E-state index is 11.0. The molecule has 4 rings (SSSR count). The number of thiazole rings is 1. The highest BCUT2D eigenvalue weighted by molar-refractivity contribution is 8.03. The lowest BCUT2D eigenvalue weighted by Crippen LogP contribution is -2.29. The molecule has 0 amide bonds. The van der Waals surface area contributed by atoms with Crippen LogP contribution in [0.15, 0.2) is 52.4 Å². The smallest absolute Gasteiger partial charge is 0.265 e. The van der Waals surface area contributed by atoms with E-state index in [1.807, 2.05) is 12.1 Å². The predicted octanol–water partition coefficient (Wildman–Crippen LogP) is 3.88. The van der Waals surface area contributed by atoms with Crippen LogP contribution in [0.1, 0.15) is 17.0 Å². The molecule has 0 radical (unpaired) electrons. The first-order chi connectivity index (χ1) is 13.3. The van der Waals surface area contributed by atoms with Gasteiger partial charge in [-0.05, 0) is 37.1 Å². The van der Waals surface area contributed by atoms with Gasteiger partial charge in [-0.1, -0.05) is 41.3 Å². The van der Waals surface area contributed by atoms with Crippen LogP contribution in [0.4, 0.5) is 5.69 Å². The number of rotatable bonds is 5. The molecular weight excluding hydrogens is 412 g/mol. The van der Waals surface area contributed by atoms with E-state index in [0.717, 1.165) is 20.6 Å². The average Bonchev–Trinajstić information content (AvgIpc) is 3.12. The molecule has 0 saturated heterocycles. The minimum absolute atomic E-state index is 0.301. The number of hydrogen-bond donors (Lipinski definition) is 0. The summed E-state index contributed by atoms with van der Waals surface area (Å²) in [7, 11) is -2.15. The lowest BCUT2D eigenvalue weighted by molar-refractivity contribution is -0.642. The van der Waals surface area contributed by atoms with Crippen molar-refractivity contribution in [2.75, 3.05) is 17.2 Å². The Morgan fingerprint density at radius 2 is 2.00 bits per heavy atom. The zero-order chi connectivity index (χ0) is 19.9. The maximum Gasteiger partial charge on any atom is 0.265 e. The van der Waals surface area contributed by atoms with Crippen LogP contribution in [0.2, 0.25) is 0 Å². The quantitative estimate of drug-likeness (QED) is 0.452. The Morgan fingerprint density at radius 3 is 2.75 bits per heavy atom. The molecule has 0 aliphatic carbocycles. The SMILES string of the molecule is Cc1ccc2c(c1)S/C(=C\c1sc3ccccc3[n+]1C)N2CCCS(=O)(=O)[O-]. The summed E-state index contributed by atoms with van der Waals surface area (Å²) in [4.78, 5) is 3.27. The molecule has 3 aromatic rings. The van der Waals surface area contributed by atoms with Crippen molar-refractivity contribution in [2.24, 2.45) is 7.05 Å². The molecule has 8 heteroatoms. The van der Waals surface area contributed by atoms with E-state index in [9.17, 15) is 13.0 Å². The summed E-state index contributed by atoms with van der Waals surface area (Å²) in [6.45, 7) is 2.55. The minimum Gasteiger partial charge on any atom is -0.748 e. The van der Waals surface area contributed by atoms with Crippen molar-refractivity contribution in [1.82, 2.24) is 0 Å². The molecular formula is C20H20N2O3S3. The van der Waals surface area contributed by atoms with Crippen molar-refractivity contribution in [3.05, 3.63) is 58.1 Å². The molecule has 146 valence electrons.